The van der Waals surface area contributed by atoms with Crippen molar-refractivity contribution in [2.24, 2.45) is 0 Å². The minimum absolute atomic E-state index is 1.12. The van der Waals surface area contributed by atoms with Crippen molar-refractivity contribution < 1.29 is 0 Å². The predicted molar refractivity (Wildman–Crippen MR) is 363 cm³/mol. The fourth-order valence-electron chi connectivity index (χ4n) is 12.2. The molecule has 0 heterocycles. The Morgan fingerprint density at radius 1 is 0.224 bits per heavy atom. The van der Waals surface area contributed by atoms with Crippen molar-refractivity contribution in [1.82, 2.24) is 0 Å². The Balaban J connectivity index is 1.17. The highest BCUT2D eigenvalue weighted by molar-refractivity contribution is 6.70. The van der Waals surface area contributed by atoms with E-state index in [-0.39, 0.29) is 0 Å². The van der Waals surface area contributed by atoms with Crippen LogP contribution in [0.3, 0.4) is 0 Å². The summed E-state index contributed by atoms with van der Waals surface area (Å²) in [6.07, 6.45) is 0. The molecule has 0 saturated carbocycles. The smallest absolute Gasteiger partial charge is 0.141 e. The van der Waals surface area contributed by atoms with Crippen LogP contribution in [0.4, 0.5) is 34.1 Å². The Hall–Kier alpha value is -8.07. The SMILES string of the molecule is Bc1c(B)c(B)c(N(c2cc(-c3ccccc3)cc(-c3ccccc3)c2)c2ccc3ccc4c(N(c5cc(-c6ccccc6)cc(-c6ccccc6)c5)c5c(B)c(B)c(B)c(B)c5B)ccc5ccc2c3c54)c(B)c1B. The quantitative estimate of drug-likeness (QED) is 0.148. The zero-order valence-corrected chi connectivity index (χ0v) is 45.5. The van der Waals surface area contributed by atoms with Gasteiger partial charge in [-0.2, -0.15) is 0 Å². The van der Waals surface area contributed by atoms with Crippen LogP contribution in [-0.2, 0) is 0 Å². The zero-order chi connectivity index (χ0) is 52.5. The number of rotatable bonds is 10. The van der Waals surface area contributed by atoms with Crippen molar-refractivity contribution in [2.45, 2.75) is 0 Å². The first kappa shape index (κ1) is 48.8. The topological polar surface area (TPSA) is 6.48 Å². The van der Waals surface area contributed by atoms with Gasteiger partial charge in [0.2, 0.25) is 0 Å². The first-order chi connectivity index (χ1) is 36.9. The molecule has 2 nitrogen and oxygen atoms in total. The second kappa shape index (κ2) is 19.6. The third-order valence-corrected chi connectivity index (χ3v) is 17.2. The molecular weight excluding hydrogens is 905 g/mol. The summed E-state index contributed by atoms with van der Waals surface area (Å²) in [7, 11) is 23.0. The Morgan fingerprint density at radius 2 is 0.474 bits per heavy atom. The summed E-state index contributed by atoms with van der Waals surface area (Å²) < 4.78 is 0. The van der Waals surface area contributed by atoms with Crippen molar-refractivity contribution in [1.29, 1.82) is 0 Å². The Labute approximate surface area is 457 Å². The molecule has 0 unspecified atom stereocenters. The van der Waals surface area contributed by atoms with Crippen LogP contribution < -0.4 is 64.4 Å². The van der Waals surface area contributed by atoms with Gasteiger partial charge < -0.3 is 9.80 Å². The molecule has 0 saturated heterocycles. The van der Waals surface area contributed by atoms with Crippen LogP contribution in [0.25, 0.3) is 76.8 Å². The van der Waals surface area contributed by atoms with Gasteiger partial charge in [-0.25, -0.2) is 0 Å². The summed E-state index contributed by atoms with van der Waals surface area (Å²) in [4.78, 5) is 5.18. The molecule has 0 bridgehead atoms. The van der Waals surface area contributed by atoms with Gasteiger partial charge in [-0.1, -0.05) is 201 Å². The molecule has 76 heavy (non-hydrogen) atoms. The van der Waals surface area contributed by atoms with Crippen LogP contribution in [0.2, 0.25) is 0 Å². The molecule has 0 amide bonds. The van der Waals surface area contributed by atoms with Gasteiger partial charge in [0, 0.05) is 33.5 Å². The molecule has 350 valence electrons. The molecule has 0 spiro atoms. The minimum Gasteiger partial charge on any atom is -0.311 e. The Bertz CT molecular complexity index is 3780. The van der Waals surface area contributed by atoms with Crippen molar-refractivity contribution in [3.05, 3.63) is 206 Å². The van der Waals surface area contributed by atoms with Gasteiger partial charge in [0.25, 0.3) is 0 Å². The molecule has 12 rings (SSSR count). The zero-order valence-electron chi connectivity index (χ0n) is 45.5. The lowest BCUT2D eigenvalue weighted by molar-refractivity contribution is 1.32. The van der Waals surface area contributed by atoms with Crippen LogP contribution in [0.1, 0.15) is 0 Å². The maximum Gasteiger partial charge on any atom is 0.141 e. The highest BCUT2D eigenvalue weighted by atomic mass is 15.2. The second-order valence-corrected chi connectivity index (χ2v) is 21.2. The lowest BCUT2D eigenvalue weighted by Crippen LogP contribution is -2.56. The largest absolute Gasteiger partial charge is 0.311 e. The van der Waals surface area contributed by atoms with Gasteiger partial charge in [-0.05, 0) is 115 Å². The highest BCUT2D eigenvalue weighted by Crippen LogP contribution is 2.48. The Kier molecular flexibility index (Phi) is 12.6. The summed E-state index contributed by atoms with van der Waals surface area (Å²) >= 11 is 0. The van der Waals surface area contributed by atoms with Gasteiger partial charge in [-0.15, -0.1) is 10.9 Å². The van der Waals surface area contributed by atoms with E-state index in [2.05, 4.69) is 295 Å². The summed E-state index contributed by atoms with van der Waals surface area (Å²) in [5.74, 6) is 0. The number of anilines is 6. The van der Waals surface area contributed by atoms with Crippen molar-refractivity contribution in [3.8, 4) is 44.5 Å². The molecule has 0 aliphatic rings. The molecular formula is C64H54B10N2. The van der Waals surface area contributed by atoms with E-state index >= 15 is 0 Å². The fourth-order valence-corrected chi connectivity index (χ4v) is 12.2. The van der Waals surface area contributed by atoms with Crippen LogP contribution in [-0.4, -0.2) is 78.5 Å². The normalized spacial score (nSPS) is 11.4. The highest BCUT2D eigenvalue weighted by Gasteiger charge is 2.28. The standard InChI is InChI=1S/C64H54B10N2/c65-53-55(67)59(71)63(60(72)56(53)68)75(45-31-41(35-13-5-1-6-14-35)29-42(32-45)36-15-7-2-8-16-36)49-27-23-39-22-26-48-50(28-24-40-21-25-47(49)51(39)52(40)48)76(64-61(73)57(69)54(66)58(70)62(64)74)46-33-43(37-17-9-3-10-18-37)30-44(34-46)38-19-11-4-12-20-38/h1-34H,65-74H2. The summed E-state index contributed by atoms with van der Waals surface area (Å²) in [5, 5.41) is 7.41. The van der Waals surface area contributed by atoms with Gasteiger partial charge in [0.05, 0.1) is 11.4 Å². The third kappa shape index (κ3) is 8.22. The molecule has 0 fully saturated rings. The van der Waals surface area contributed by atoms with E-state index in [1.165, 1.54) is 143 Å². The first-order valence-electron chi connectivity index (χ1n) is 26.8. The lowest BCUT2D eigenvalue weighted by atomic mass is 9.61. The van der Waals surface area contributed by atoms with Gasteiger partial charge in [0.15, 0.2) is 0 Å². The fraction of sp³-hybridized carbons (Fsp3) is 0. The second-order valence-electron chi connectivity index (χ2n) is 21.2. The summed E-state index contributed by atoms with van der Waals surface area (Å²) in [5.41, 5.74) is 29.7. The van der Waals surface area contributed by atoms with E-state index in [9.17, 15) is 0 Å². The van der Waals surface area contributed by atoms with Gasteiger partial charge >= 0.3 is 0 Å². The molecule has 0 aliphatic heterocycles. The van der Waals surface area contributed by atoms with Crippen LogP contribution in [0.5, 0.6) is 0 Å². The van der Waals surface area contributed by atoms with Gasteiger partial charge in [-0.3, -0.25) is 0 Å². The molecule has 0 N–H and O–H groups in total. The maximum atomic E-state index is 2.59. The average molecular weight is 959 g/mol. The van der Waals surface area contributed by atoms with Crippen molar-refractivity contribution >= 4 is 200 Å². The van der Waals surface area contributed by atoms with E-state index < -0.39 is 0 Å². The molecule has 0 atom stereocenters. The molecule has 0 radical (unpaired) electrons. The number of hydrogen-bond acceptors (Lipinski definition) is 2. The van der Waals surface area contributed by atoms with E-state index in [0.29, 0.717) is 0 Å². The number of benzene rings is 12. The summed E-state index contributed by atoms with van der Waals surface area (Å²) in [6.45, 7) is 0. The van der Waals surface area contributed by atoms with Crippen molar-refractivity contribution in [2.75, 3.05) is 9.80 Å². The average Bonchev–Trinajstić information content (AvgIpc) is 3.63. The van der Waals surface area contributed by atoms with Crippen LogP contribution in [0.15, 0.2) is 206 Å². The number of nitrogens with zero attached hydrogens (tertiary/aromatic N) is 2. The molecule has 0 aliphatic carbocycles. The predicted octanol–water partition coefficient (Wildman–Crippen LogP) is 0.776. The summed E-state index contributed by atoms with van der Waals surface area (Å²) in [6, 6.07) is 76.7. The minimum atomic E-state index is 1.12. The van der Waals surface area contributed by atoms with Gasteiger partial charge in [0.1, 0.15) is 78.5 Å². The lowest BCUT2D eigenvalue weighted by Gasteiger charge is -2.34. The molecule has 12 aromatic rings. The van der Waals surface area contributed by atoms with E-state index in [1.54, 1.807) is 0 Å². The first-order valence-corrected chi connectivity index (χ1v) is 26.8. The van der Waals surface area contributed by atoms with Crippen molar-refractivity contribution in [3.63, 3.8) is 0 Å². The van der Waals surface area contributed by atoms with E-state index in [0.717, 1.165) is 22.7 Å². The van der Waals surface area contributed by atoms with E-state index in [1.807, 2.05) is 0 Å². The number of hydrogen-bond donors (Lipinski definition) is 0. The Morgan fingerprint density at radius 3 is 0.750 bits per heavy atom. The molecule has 12 heteroatoms. The van der Waals surface area contributed by atoms with Crippen LogP contribution in [0, 0.1) is 0 Å². The third-order valence-electron chi connectivity index (χ3n) is 17.2. The van der Waals surface area contributed by atoms with E-state index in [4.69, 9.17) is 0 Å². The molecule has 0 aromatic heterocycles. The van der Waals surface area contributed by atoms with Crippen LogP contribution >= 0.6 is 0 Å². The maximum absolute atomic E-state index is 2.59. The molecule has 12 aromatic carbocycles. The monoisotopic (exact) mass is 961 g/mol.